The Morgan fingerprint density at radius 2 is 1.50 bits per heavy atom. The summed E-state index contributed by atoms with van der Waals surface area (Å²) in [6.07, 6.45) is 5.00. The predicted molar refractivity (Wildman–Crippen MR) is 13.5 cm³/mol. The number of hydrogen-bond donors (Lipinski definition) is 0. The third-order valence-corrected chi connectivity index (χ3v) is 0.289. The molecule has 0 aromatic heterocycles. The third-order valence-electron chi connectivity index (χ3n) is 0.289. The van der Waals surface area contributed by atoms with Gasteiger partial charge in [-0.15, -0.1) is 0 Å². The zero-order chi connectivity index (χ0) is 2.12. The molecule has 0 nitrogen and oxygen atoms in total. The summed E-state index contributed by atoms with van der Waals surface area (Å²) in [5, 5.41) is 0. The van der Waals surface area contributed by atoms with E-state index in [1.165, 1.54) is 12.8 Å². The smallest absolute Gasteiger partial charge is 0.333 e. The van der Waals surface area contributed by atoms with Gasteiger partial charge in [-0.2, -0.15) is 0 Å². The van der Waals surface area contributed by atoms with Crippen LogP contribution in [0.4, 0.5) is 0 Å². The van der Waals surface area contributed by atoms with E-state index in [0.29, 0.717) is 0 Å². The van der Waals surface area contributed by atoms with Crippen molar-refractivity contribution < 1.29 is 22.4 Å². The Balaban J connectivity index is 0.0000000900. The summed E-state index contributed by atoms with van der Waals surface area (Å²) in [6, 6.07) is 0. The molecule has 1 saturated carbocycles. The van der Waals surface area contributed by atoms with Crippen molar-refractivity contribution in [3.8, 4) is 0 Å². The summed E-state index contributed by atoms with van der Waals surface area (Å²) in [6.45, 7) is 0. The first kappa shape index (κ1) is 4.74. The van der Waals surface area contributed by atoms with Crippen LogP contribution in [0.15, 0.2) is 0 Å². The summed E-state index contributed by atoms with van der Waals surface area (Å²) < 4.78 is 0. The van der Waals surface area contributed by atoms with E-state index in [2.05, 4.69) is 6.42 Å². The molecule has 0 N–H and O–H groups in total. The first-order valence-electron chi connectivity index (χ1n) is 1.32. The largest absolute Gasteiger partial charge is 1.00 e. The first-order valence-corrected chi connectivity index (χ1v) is 1.32. The van der Waals surface area contributed by atoms with E-state index in [9.17, 15) is 0 Å². The normalized spacial score (nSPS) is 18.0. The van der Waals surface area contributed by atoms with E-state index in [0.717, 1.165) is 0 Å². The Morgan fingerprint density at radius 3 is 1.50 bits per heavy atom. The van der Waals surface area contributed by atoms with Gasteiger partial charge in [-0.05, 0) is 0 Å². The summed E-state index contributed by atoms with van der Waals surface area (Å²) in [5.41, 5.74) is 0. The van der Waals surface area contributed by atoms with Crippen molar-refractivity contribution in [2.45, 2.75) is 12.8 Å². The molecule has 0 radical (unpaired) electrons. The van der Waals surface area contributed by atoms with Crippen LogP contribution in [0.3, 0.4) is 0 Å². The molecule has 0 unspecified atom stereocenters. The van der Waals surface area contributed by atoms with Crippen molar-refractivity contribution in [1.29, 1.82) is 0 Å². The maximum Gasteiger partial charge on any atom is 1.00 e. The van der Waals surface area contributed by atoms with E-state index in [1.54, 1.807) is 0 Å². The standard InChI is InChI=1S/C3H5.Au/c1-2-3-1;/h1H,2-3H2;/q-1;+1. The molecule has 0 spiro atoms. The SMILES string of the molecule is [Au+].[CH-]1CC1. The average molecular weight is 238 g/mol. The molecule has 1 rings (SSSR count). The van der Waals surface area contributed by atoms with Crippen molar-refractivity contribution in [2.75, 3.05) is 0 Å². The molecule has 0 aromatic rings. The molecule has 1 aliphatic rings. The van der Waals surface area contributed by atoms with E-state index in [-0.39, 0.29) is 22.4 Å². The molecule has 0 saturated heterocycles. The summed E-state index contributed by atoms with van der Waals surface area (Å²) in [5.74, 6) is 0. The first-order chi connectivity index (χ1) is 1.50. The predicted octanol–water partition coefficient (Wildman–Crippen LogP) is 0.982. The molecule has 1 aliphatic carbocycles. The summed E-state index contributed by atoms with van der Waals surface area (Å²) >= 11 is 0. The maximum atomic E-state index is 2.25. The second-order valence-electron chi connectivity index (χ2n) is 0.866. The molecule has 1 fully saturated rings. The van der Waals surface area contributed by atoms with Gasteiger partial charge in [-0.25, -0.2) is 12.8 Å². The van der Waals surface area contributed by atoms with Gasteiger partial charge in [0.05, 0.1) is 0 Å². The van der Waals surface area contributed by atoms with Crippen LogP contribution in [0.25, 0.3) is 0 Å². The van der Waals surface area contributed by atoms with Gasteiger partial charge >= 0.3 is 22.4 Å². The minimum absolute atomic E-state index is 0. The van der Waals surface area contributed by atoms with Crippen LogP contribution in [0.5, 0.6) is 0 Å². The second kappa shape index (κ2) is 2.01. The van der Waals surface area contributed by atoms with Gasteiger partial charge in [0.15, 0.2) is 0 Å². The van der Waals surface area contributed by atoms with Gasteiger partial charge < -0.3 is 6.42 Å². The van der Waals surface area contributed by atoms with Crippen molar-refractivity contribution in [3.63, 3.8) is 0 Å². The van der Waals surface area contributed by atoms with Crippen molar-refractivity contribution in [1.82, 2.24) is 0 Å². The fraction of sp³-hybridized carbons (Fsp3) is 0.667. The van der Waals surface area contributed by atoms with Gasteiger partial charge in [0.1, 0.15) is 0 Å². The van der Waals surface area contributed by atoms with Crippen LogP contribution >= 0.6 is 0 Å². The molecule has 4 heavy (non-hydrogen) atoms. The van der Waals surface area contributed by atoms with Crippen LogP contribution < -0.4 is 0 Å². The van der Waals surface area contributed by atoms with Crippen molar-refractivity contribution >= 4 is 0 Å². The van der Waals surface area contributed by atoms with E-state index in [1.807, 2.05) is 0 Å². The van der Waals surface area contributed by atoms with Crippen LogP contribution in [-0.2, 0) is 22.4 Å². The van der Waals surface area contributed by atoms with Crippen LogP contribution in [-0.4, -0.2) is 0 Å². The average Bonchev–Trinajstić information content (AvgIpc) is 1.46. The molecular weight excluding hydrogens is 233 g/mol. The van der Waals surface area contributed by atoms with E-state index < -0.39 is 0 Å². The van der Waals surface area contributed by atoms with Crippen molar-refractivity contribution in [2.24, 2.45) is 0 Å². The van der Waals surface area contributed by atoms with Crippen LogP contribution in [0, 0.1) is 6.42 Å². The summed E-state index contributed by atoms with van der Waals surface area (Å²) in [7, 11) is 0. The fourth-order valence-corrected chi connectivity index (χ4v) is 0. The Bertz CT molecular complexity index is 8.00. The zero-order valence-corrected chi connectivity index (χ0v) is 4.46. The topological polar surface area (TPSA) is 0 Å². The Hall–Kier alpha value is 0.740. The molecule has 1 heteroatoms. The van der Waals surface area contributed by atoms with E-state index in [4.69, 9.17) is 0 Å². The molecule has 0 bridgehead atoms. The van der Waals surface area contributed by atoms with Crippen LogP contribution in [0.1, 0.15) is 12.8 Å². The molecule has 0 atom stereocenters. The zero-order valence-electron chi connectivity index (χ0n) is 2.29. The molecule has 0 heterocycles. The monoisotopic (exact) mass is 238 g/mol. The van der Waals surface area contributed by atoms with E-state index >= 15 is 0 Å². The quantitative estimate of drug-likeness (QED) is 0.436. The Labute approximate surface area is 42.1 Å². The third kappa shape index (κ3) is 2.74. The minimum atomic E-state index is 0. The fourth-order valence-electron chi connectivity index (χ4n) is 0. The number of rotatable bonds is 0. The van der Waals surface area contributed by atoms with Gasteiger partial charge in [-0.1, -0.05) is 0 Å². The van der Waals surface area contributed by atoms with Gasteiger partial charge in [0.2, 0.25) is 0 Å². The molecule has 28 valence electrons. The maximum absolute atomic E-state index is 2.25. The molecule has 0 amide bonds. The molecule has 0 aliphatic heterocycles. The Morgan fingerprint density at radius 1 is 1.25 bits per heavy atom. The summed E-state index contributed by atoms with van der Waals surface area (Å²) in [4.78, 5) is 0. The van der Waals surface area contributed by atoms with Gasteiger partial charge in [-0.3, -0.25) is 0 Å². The Kier molecular flexibility index (Phi) is 2.38. The molecule has 0 aromatic carbocycles. The second-order valence-corrected chi connectivity index (χ2v) is 0.866. The van der Waals surface area contributed by atoms with Gasteiger partial charge in [0, 0.05) is 0 Å². The van der Waals surface area contributed by atoms with Gasteiger partial charge in [0.25, 0.3) is 0 Å². The van der Waals surface area contributed by atoms with Crippen molar-refractivity contribution in [3.05, 3.63) is 6.42 Å². The van der Waals surface area contributed by atoms with Crippen LogP contribution in [0.2, 0.25) is 0 Å². The minimum Gasteiger partial charge on any atom is -0.333 e. The number of hydrogen-bond acceptors (Lipinski definition) is 0. The molecular formula is C3H5Au.